The summed E-state index contributed by atoms with van der Waals surface area (Å²) in [6.45, 7) is 0. The minimum absolute atomic E-state index is 0.151. The van der Waals surface area contributed by atoms with E-state index in [0.29, 0.717) is 0 Å². The fourth-order valence-corrected chi connectivity index (χ4v) is 3.44. The Hall–Kier alpha value is -0.670. The van der Waals surface area contributed by atoms with Gasteiger partial charge in [0.05, 0.1) is 6.04 Å². The van der Waals surface area contributed by atoms with Gasteiger partial charge in [-0.1, -0.05) is 11.6 Å². The lowest BCUT2D eigenvalue weighted by atomic mass is 10.0. The van der Waals surface area contributed by atoms with Crippen molar-refractivity contribution >= 4 is 29.3 Å². The van der Waals surface area contributed by atoms with Crippen molar-refractivity contribution in [2.45, 2.75) is 30.2 Å². The molecule has 0 bridgehead atoms. The van der Waals surface area contributed by atoms with E-state index in [1.807, 2.05) is 23.9 Å². The molecular weight excluding hydrogens is 254 g/mol. The van der Waals surface area contributed by atoms with Gasteiger partial charge in [0.2, 0.25) is 5.91 Å². The summed E-state index contributed by atoms with van der Waals surface area (Å²) in [6.07, 6.45) is 3.10. The molecule has 1 aliphatic heterocycles. The van der Waals surface area contributed by atoms with E-state index in [0.717, 1.165) is 30.0 Å². The van der Waals surface area contributed by atoms with Crippen LogP contribution in [0.15, 0.2) is 23.1 Å². The molecule has 3 rings (SSSR count). The van der Waals surface area contributed by atoms with Crippen LogP contribution >= 0.6 is 23.4 Å². The molecule has 1 N–H and O–H groups in total. The van der Waals surface area contributed by atoms with Gasteiger partial charge in [0, 0.05) is 21.6 Å². The van der Waals surface area contributed by atoms with E-state index in [9.17, 15) is 4.79 Å². The Balaban J connectivity index is 1.82. The van der Waals surface area contributed by atoms with Crippen molar-refractivity contribution in [3.8, 4) is 0 Å². The van der Waals surface area contributed by atoms with Crippen LogP contribution in [0.5, 0.6) is 0 Å². The van der Waals surface area contributed by atoms with Gasteiger partial charge in [-0.15, -0.1) is 11.8 Å². The Morgan fingerprint density at radius 1 is 1.35 bits per heavy atom. The van der Waals surface area contributed by atoms with E-state index in [4.69, 9.17) is 11.6 Å². The molecular formula is C13H14ClNOS. The number of hydrogen-bond acceptors (Lipinski definition) is 2. The zero-order valence-electron chi connectivity index (χ0n) is 9.41. The van der Waals surface area contributed by atoms with Crippen molar-refractivity contribution in [2.75, 3.05) is 5.75 Å². The quantitative estimate of drug-likeness (QED) is 0.890. The molecule has 0 aromatic heterocycles. The third kappa shape index (κ3) is 2.45. The van der Waals surface area contributed by atoms with Crippen LogP contribution in [0.1, 0.15) is 30.9 Å². The Morgan fingerprint density at radius 3 is 2.94 bits per heavy atom. The predicted molar refractivity (Wildman–Crippen MR) is 70.4 cm³/mol. The summed E-state index contributed by atoms with van der Waals surface area (Å²) in [5.74, 6) is 1.55. The first-order valence-corrected chi connectivity index (χ1v) is 7.33. The van der Waals surface area contributed by atoms with E-state index < -0.39 is 0 Å². The monoisotopic (exact) mass is 267 g/mol. The number of hydrogen-bond donors (Lipinski definition) is 1. The standard InChI is InChI=1S/C13H14ClNOS/c14-9-3-4-12-10(7-9)11(5-6-17-12)15-13(16)8-1-2-8/h3-4,7-8,11H,1-2,5-6H2,(H,15,16). The van der Waals surface area contributed by atoms with Gasteiger partial charge in [-0.25, -0.2) is 0 Å². The van der Waals surface area contributed by atoms with Crippen molar-refractivity contribution in [2.24, 2.45) is 5.92 Å². The van der Waals surface area contributed by atoms with Crippen molar-refractivity contribution in [1.82, 2.24) is 5.32 Å². The van der Waals surface area contributed by atoms with Gasteiger partial charge >= 0.3 is 0 Å². The van der Waals surface area contributed by atoms with Gasteiger partial charge in [-0.3, -0.25) is 4.79 Å². The van der Waals surface area contributed by atoms with Crippen molar-refractivity contribution in [3.63, 3.8) is 0 Å². The molecule has 0 saturated heterocycles. The molecule has 1 unspecified atom stereocenters. The maximum absolute atomic E-state index is 11.8. The molecule has 4 heteroatoms. The second kappa shape index (κ2) is 4.54. The van der Waals surface area contributed by atoms with Gasteiger partial charge < -0.3 is 5.32 Å². The van der Waals surface area contributed by atoms with E-state index in [-0.39, 0.29) is 17.9 Å². The summed E-state index contributed by atoms with van der Waals surface area (Å²) in [7, 11) is 0. The Morgan fingerprint density at radius 2 is 2.18 bits per heavy atom. The highest BCUT2D eigenvalue weighted by Gasteiger charge is 2.32. The second-order valence-corrected chi connectivity index (χ2v) is 6.23. The molecule has 1 fully saturated rings. The topological polar surface area (TPSA) is 29.1 Å². The molecule has 1 heterocycles. The fourth-order valence-electron chi connectivity index (χ4n) is 2.15. The number of benzene rings is 1. The number of thioether (sulfide) groups is 1. The lowest BCUT2D eigenvalue weighted by Crippen LogP contribution is -2.31. The van der Waals surface area contributed by atoms with Crippen molar-refractivity contribution in [3.05, 3.63) is 28.8 Å². The number of halogens is 1. The van der Waals surface area contributed by atoms with Crippen LogP contribution in [0.25, 0.3) is 0 Å². The van der Waals surface area contributed by atoms with E-state index in [1.54, 1.807) is 0 Å². The molecule has 90 valence electrons. The van der Waals surface area contributed by atoms with Crippen LogP contribution in [-0.2, 0) is 4.79 Å². The number of carbonyl (C=O) groups is 1. The molecule has 1 aliphatic carbocycles. The SMILES string of the molecule is O=C(NC1CCSc2ccc(Cl)cc21)C1CC1. The molecule has 2 aliphatic rings. The molecule has 1 aromatic rings. The summed E-state index contributed by atoms with van der Waals surface area (Å²) in [5.41, 5.74) is 1.18. The summed E-state index contributed by atoms with van der Waals surface area (Å²) in [6, 6.07) is 6.11. The maximum atomic E-state index is 11.8. The minimum atomic E-state index is 0.151. The molecule has 17 heavy (non-hydrogen) atoms. The molecule has 0 spiro atoms. The van der Waals surface area contributed by atoms with E-state index in [2.05, 4.69) is 11.4 Å². The first-order chi connectivity index (χ1) is 8.24. The number of carbonyl (C=O) groups excluding carboxylic acids is 1. The highest BCUT2D eigenvalue weighted by atomic mass is 35.5. The summed E-state index contributed by atoms with van der Waals surface area (Å²) >= 11 is 7.87. The number of rotatable bonds is 2. The average Bonchev–Trinajstić information content (AvgIpc) is 3.13. The number of nitrogens with one attached hydrogen (secondary N) is 1. The summed E-state index contributed by atoms with van der Waals surface area (Å²) in [4.78, 5) is 13.1. The normalized spacial score (nSPS) is 23.0. The van der Waals surface area contributed by atoms with Crippen molar-refractivity contribution in [1.29, 1.82) is 0 Å². The lowest BCUT2D eigenvalue weighted by Gasteiger charge is -2.26. The zero-order chi connectivity index (χ0) is 11.8. The van der Waals surface area contributed by atoms with Crippen LogP contribution in [0, 0.1) is 5.92 Å². The Kier molecular flexibility index (Phi) is 3.05. The van der Waals surface area contributed by atoms with Crippen molar-refractivity contribution < 1.29 is 4.79 Å². The van der Waals surface area contributed by atoms with Gasteiger partial charge in [0.25, 0.3) is 0 Å². The zero-order valence-corrected chi connectivity index (χ0v) is 11.0. The van der Waals surface area contributed by atoms with Crippen LogP contribution in [0.4, 0.5) is 0 Å². The van der Waals surface area contributed by atoms with Gasteiger partial charge in [-0.05, 0) is 43.0 Å². The smallest absolute Gasteiger partial charge is 0.223 e. The van der Waals surface area contributed by atoms with Crippen LogP contribution in [-0.4, -0.2) is 11.7 Å². The van der Waals surface area contributed by atoms with Gasteiger partial charge in [-0.2, -0.15) is 0 Å². The highest BCUT2D eigenvalue weighted by molar-refractivity contribution is 7.99. The molecule has 1 amide bonds. The number of fused-ring (bicyclic) bond motifs is 1. The average molecular weight is 268 g/mol. The van der Waals surface area contributed by atoms with E-state index in [1.165, 1.54) is 10.5 Å². The maximum Gasteiger partial charge on any atom is 0.223 e. The molecule has 1 atom stereocenters. The van der Waals surface area contributed by atoms with E-state index >= 15 is 0 Å². The van der Waals surface area contributed by atoms with Crippen LogP contribution in [0.3, 0.4) is 0 Å². The molecule has 2 nitrogen and oxygen atoms in total. The largest absolute Gasteiger partial charge is 0.349 e. The first kappa shape index (κ1) is 11.4. The lowest BCUT2D eigenvalue weighted by molar-refractivity contribution is -0.123. The first-order valence-electron chi connectivity index (χ1n) is 5.96. The third-order valence-electron chi connectivity index (χ3n) is 3.28. The van der Waals surface area contributed by atoms with Gasteiger partial charge in [0.1, 0.15) is 0 Å². The summed E-state index contributed by atoms with van der Waals surface area (Å²) < 4.78 is 0. The summed E-state index contributed by atoms with van der Waals surface area (Å²) in [5, 5.41) is 3.90. The molecule has 1 saturated carbocycles. The second-order valence-electron chi connectivity index (χ2n) is 4.65. The Labute approximate surface area is 110 Å². The fraction of sp³-hybridized carbons (Fsp3) is 0.462. The highest BCUT2D eigenvalue weighted by Crippen LogP contribution is 2.38. The third-order valence-corrected chi connectivity index (χ3v) is 4.63. The number of amides is 1. The van der Waals surface area contributed by atoms with Crippen LogP contribution in [0.2, 0.25) is 5.02 Å². The molecule has 0 radical (unpaired) electrons. The minimum Gasteiger partial charge on any atom is -0.349 e. The molecule has 1 aromatic carbocycles. The van der Waals surface area contributed by atoms with Crippen LogP contribution < -0.4 is 5.32 Å². The predicted octanol–water partition coefficient (Wildman–Crippen LogP) is 3.40. The Bertz CT molecular complexity index is 459. The van der Waals surface area contributed by atoms with Gasteiger partial charge in [0.15, 0.2) is 0 Å².